The highest BCUT2D eigenvalue weighted by Crippen LogP contribution is 2.20. The van der Waals surface area contributed by atoms with E-state index in [9.17, 15) is 4.79 Å². The van der Waals surface area contributed by atoms with Crippen molar-refractivity contribution in [1.82, 2.24) is 0 Å². The number of carbonyl (C=O) groups excluding carboxylic acids is 1. The Morgan fingerprint density at radius 1 is 1.78 bits per heavy atom. The van der Waals surface area contributed by atoms with E-state index >= 15 is 0 Å². The number of hydrogen-bond donors (Lipinski definition) is 0. The van der Waals surface area contributed by atoms with Crippen LogP contribution in [-0.2, 0) is 0 Å². The molecule has 0 aromatic carbocycles. The lowest BCUT2D eigenvalue weighted by Crippen LogP contribution is -1.64. The van der Waals surface area contributed by atoms with E-state index < -0.39 is 0 Å². The first-order valence-electron chi connectivity index (χ1n) is 2.44. The summed E-state index contributed by atoms with van der Waals surface area (Å²) in [5, 5.41) is 1.98. The Morgan fingerprint density at radius 3 is 2.89 bits per heavy atom. The van der Waals surface area contributed by atoms with E-state index in [1.165, 1.54) is 16.2 Å². The van der Waals surface area contributed by atoms with Crippen LogP contribution >= 0.6 is 23.1 Å². The van der Waals surface area contributed by atoms with Gasteiger partial charge in [0, 0.05) is 10.3 Å². The second-order valence-electron chi connectivity index (χ2n) is 1.51. The smallest absolute Gasteiger partial charge is 0.160 e. The summed E-state index contributed by atoms with van der Waals surface area (Å²) in [4.78, 5) is 12.1. The van der Waals surface area contributed by atoms with Crippen molar-refractivity contribution in [3.05, 3.63) is 16.3 Å². The summed E-state index contributed by atoms with van der Waals surface area (Å²) in [6.45, 7) is 0. The molecule has 0 amide bonds. The second kappa shape index (κ2) is 3.03. The number of rotatable bonds is 2. The van der Waals surface area contributed by atoms with Gasteiger partial charge in [0.05, 0.1) is 4.88 Å². The lowest BCUT2D eigenvalue weighted by Gasteiger charge is -1.80. The Morgan fingerprint density at radius 2 is 2.56 bits per heavy atom. The molecule has 0 saturated carbocycles. The quantitative estimate of drug-likeness (QED) is 0.485. The lowest BCUT2D eigenvalue weighted by atomic mass is 10.5. The highest BCUT2D eigenvalue weighted by atomic mass is 32.2. The summed E-state index contributed by atoms with van der Waals surface area (Å²) < 4.78 is 0. The average molecular weight is 158 g/mol. The monoisotopic (exact) mass is 158 g/mol. The molecule has 0 fully saturated rings. The SMILES string of the molecule is CSc1csc(C=O)c1. The van der Waals surface area contributed by atoms with Crippen LogP contribution in [0.2, 0.25) is 0 Å². The minimum absolute atomic E-state index is 0.805. The van der Waals surface area contributed by atoms with Crippen molar-refractivity contribution in [2.24, 2.45) is 0 Å². The van der Waals surface area contributed by atoms with Gasteiger partial charge in [-0.15, -0.1) is 23.1 Å². The van der Waals surface area contributed by atoms with Crippen LogP contribution in [0.5, 0.6) is 0 Å². The molecule has 1 rings (SSSR count). The summed E-state index contributed by atoms with van der Waals surface area (Å²) >= 11 is 3.14. The zero-order valence-corrected chi connectivity index (χ0v) is 6.59. The van der Waals surface area contributed by atoms with Crippen LogP contribution in [0.15, 0.2) is 16.3 Å². The first-order valence-corrected chi connectivity index (χ1v) is 4.55. The van der Waals surface area contributed by atoms with Crippen LogP contribution in [0, 0.1) is 0 Å². The summed E-state index contributed by atoms with van der Waals surface area (Å²) in [6.07, 6.45) is 2.88. The molecule has 48 valence electrons. The molecule has 1 nitrogen and oxygen atoms in total. The van der Waals surface area contributed by atoms with Crippen LogP contribution in [0.1, 0.15) is 9.67 Å². The Bertz CT molecular complexity index is 205. The standard InChI is InChI=1S/C6H6OS2/c1-8-6-2-5(3-7)9-4-6/h2-4H,1H3. The fourth-order valence-corrected chi connectivity index (χ4v) is 1.92. The molecule has 9 heavy (non-hydrogen) atoms. The maximum atomic E-state index is 10.1. The number of carbonyl (C=O) groups is 1. The van der Waals surface area contributed by atoms with Crippen molar-refractivity contribution in [3.8, 4) is 0 Å². The molecule has 0 N–H and O–H groups in total. The third-order valence-electron chi connectivity index (χ3n) is 0.948. The van der Waals surface area contributed by atoms with Crippen molar-refractivity contribution in [2.45, 2.75) is 4.90 Å². The number of thioether (sulfide) groups is 1. The van der Waals surface area contributed by atoms with Crippen molar-refractivity contribution in [2.75, 3.05) is 6.26 Å². The van der Waals surface area contributed by atoms with Crippen LogP contribution in [0.25, 0.3) is 0 Å². The van der Waals surface area contributed by atoms with Gasteiger partial charge in [-0.3, -0.25) is 4.79 Å². The lowest BCUT2D eigenvalue weighted by molar-refractivity contribution is 0.112. The van der Waals surface area contributed by atoms with Crippen molar-refractivity contribution >= 4 is 29.4 Å². The molecule has 1 aromatic heterocycles. The predicted molar refractivity (Wildman–Crippen MR) is 41.5 cm³/mol. The van der Waals surface area contributed by atoms with E-state index in [0.717, 1.165) is 11.2 Å². The molecule has 0 aliphatic heterocycles. The van der Waals surface area contributed by atoms with Crippen molar-refractivity contribution < 1.29 is 4.79 Å². The molecule has 3 heteroatoms. The van der Waals surface area contributed by atoms with Gasteiger partial charge in [0.1, 0.15) is 0 Å². The van der Waals surface area contributed by atoms with Gasteiger partial charge in [-0.2, -0.15) is 0 Å². The molecule has 0 spiro atoms. The van der Waals surface area contributed by atoms with Crippen LogP contribution < -0.4 is 0 Å². The van der Waals surface area contributed by atoms with Gasteiger partial charge < -0.3 is 0 Å². The van der Waals surface area contributed by atoms with E-state index in [2.05, 4.69) is 0 Å². The first kappa shape index (κ1) is 6.83. The largest absolute Gasteiger partial charge is 0.297 e. The normalized spacial score (nSPS) is 9.44. The first-order chi connectivity index (χ1) is 4.36. The summed E-state index contributed by atoms with van der Waals surface area (Å²) in [5.74, 6) is 0. The molecule has 0 bridgehead atoms. The van der Waals surface area contributed by atoms with Gasteiger partial charge in [0.2, 0.25) is 0 Å². The van der Waals surface area contributed by atoms with E-state index in [1.54, 1.807) is 11.8 Å². The van der Waals surface area contributed by atoms with Crippen LogP contribution in [-0.4, -0.2) is 12.5 Å². The van der Waals surface area contributed by atoms with Gasteiger partial charge in [-0.25, -0.2) is 0 Å². The minimum Gasteiger partial charge on any atom is -0.297 e. The summed E-state index contributed by atoms with van der Waals surface area (Å²) in [7, 11) is 0. The summed E-state index contributed by atoms with van der Waals surface area (Å²) in [6, 6.07) is 1.89. The van der Waals surface area contributed by atoms with Crippen LogP contribution in [0.3, 0.4) is 0 Å². The molecule has 0 radical (unpaired) electrons. The number of hydrogen-bond acceptors (Lipinski definition) is 3. The highest BCUT2D eigenvalue weighted by Gasteiger charge is 1.94. The average Bonchev–Trinajstić information content (AvgIpc) is 2.34. The fraction of sp³-hybridized carbons (Fsp3) is 0.167. The minimum atomic E-state index is 0.805. The Hall–Kier alpha value is -0.280. The topological polar surface area (TPSA) is 17.1 Å². The van der Waals surface area contributed by atoms with Gasteiger partial charge in [-0.1, -0.05) is 0 Å². The Kier molecular flexibility index (Phi) is 2.30. The molecular weight excluding hydrogens is 152 g/mol. The summed E-state index contributed by atoms with van der Waals surface area (Å²) in [5.41, 5.74) is 0. The third-order valence-corrected chi connectivity index (χ3v) is 2.66. The maximum absolute atomic E-state index is 10.1. The third kappa shape index (κ3) is 1.56. The molecule has 0 saturated heterocycles. The highest BCUT2D eigenvalue weighted by molar-refractivity contribution is 7.98. The number of thiophene rings is 1. The fourth-order valence-electron chi connectivity index (χ4n) is 0.503. The van der Waals surface area contributed by atoms with Gasteiger partial charge in [0.15, 0.2) is 6.29 Å². The predicted octanol–water partition coefficient (Wildman–Crippen LogP) is 2.28. The zero-order chi connectivity index (χ0) is 6.69. The van der Waals surface area contributed by atoms with Gasteiger partial charge in [0.25, 0.3) is 0 Å². The molecule has 0 aliphatic rings. The molecule has 1 heterocycles. The number of aldehydes is 1. The molecule has 0 aliphatic carbocycles. The Balaban J connectivity index is 2.86. The second-order valence-corrected chi connectivity index (χ2v) is 3.33. The van der Waals surface area contributed by atoms with Gasteiger partial charge in [-0.05, 0) is 12.3 Å². The Labute approximate surface area is 62.1 Å². The van der Waals surface area contributed by atoms with Gasteiger partial charge >= 0.3 is 0 Å². The maximum Gasteiger partial charge on any atom is 0.160 e. The molecular formula is C6H6OS2. The van der Waals surface area contributed by atoms with E-state index in [1.807, 2.05) is 17.7 Å². The van der Waals surface area contributed by atoms with Crippen molar-refractivity contribution in [3.63, 3.8) is 0 Å². The zero-order valence-electron chi connectivity index (χ0n) is 4.96. The van der Waals surface area contributed by atoms with Crippen molar-refractivity contribution in [1.29, 1.82) is 0 Å². The van der Waals surface area contributed by atoms with E-state index in [4.69, 9.17) is 0 Å². The van der Waals surface area contributed by atoms with Crippen LogP contribution in [0.4, 0.5) is 0 Å². The van der Waals surface area contributed by atoms with E-state index in [-0.39, 0.29) is 0 Å². The molecule has 0 atom stereocenters. The van der Waals surface area contributed by atoms with E-state index in [0.29, 0.717) is 0 Å². The molecule has 0 unspecified atom stereocenters. The molecule has 1 aromatic rings.